The third-order valence-corrected chi connectivity index (χ3v) is 4.38. The summed E-state index contributed by atoms with van der Waals surface area (Å²) in [6.45, 7) is 4.68. The zero-order valence-corrected chi connectivity index (χ0v) is 12.1. The molecule has 0 amide bonds. The predicted molar refractivity (Wildman–Crippen MR) is 76.2 cm³/mol. The molecule has 0 radical (unpaired) electrons. The van der Waals surface area contributed by atoms with E-state index in [1.165, 1.54) is 12.1 Å². The quantitative estimate of drug-likeness (QED) is 0.920. The van der Waals surface area contributed by atoms with Crippen LogP contribution in [0.1, 0.15) is 38.7 Å². The molecule has 1 aliphatic heterocycles. The van der Waals surface area contributed by atoms with E-state index in [9.17, 15) is 14.3 Å². The smallest absolute Gasteiger partial charge is 0.323 e. The van der Waals surface area contributed by atoms with Crippen molar-refractivity contribution in [3.63, 3.8) is 0 Å². The van der Waals surface area contributed by atoms with Gasteiger partial charge in [-0.1, -0.05) is 12.1 Å². The van der Waals surface area contributed by atoms with E-state index in [1.807, 2.05) is 6.92 Å². The molecule has 4 heteroatoms. The number of carbonyl (C=O) groups is 1. The fourth-order valence-electron chi connectivity index (χ4n) is 3.15. The highest BCUT2D eigenvalue weighted by atomic mass is 19.1. The number of nitrogens with zero attached hydrogens (tertiary/aromatic N) is 1. The Kier molecular flexibility index (Phi) is 4.43. The highest BCUT2D eigenvalue weighted by Crippen LogP contribution is 2.31. The molecule has 0 saturated carbocycles. The van der Waals surface area contributed by atoms with Gasteiger partial charge in [0, 0.05) is 6.04 Å². The lowest BCUT2D eigenvalue weighted by Gasteiger charge is -2.45. The minimum absolute atomic E-state index is 0.127. The van der Waals surface area contributed by atoms with E-state index in [4.69, 9.17) is 0 Å². The van der Waals surface area contributed by atoms with E-state index in [2.05, 4.69) is 11.8 Å². The van der Waals surface area contributed by atoms with Gasteiger partial charge in [-0.15, -0.1) is 0 Å². The van der Waals surface area contributed by atoms with Crippen molar-refractivity contribution in [3.8, 4) is 0 Å². The first-order valence-electron chi connectivity index (χ1n) is 7.18. The van der Waals surface area contributed by atoms with Gasteiger partial charge >= 0.3 is 5.97 Å². The zero-order chi connectivity index (χ0) is 14.8. The third-order valence-electron chi connectivity index (χ3n) is 4.38. The number of carboxylic acids is 1. The molecule has 0 spiro atoms. The van der Waals surface area contributed by atoms with Crippen LogP contribution in [0.25, 0.3) is 0 Å². The molecule has 1 aromatic rings. The largest absolute Gasteiger partial charge is 0.480 e. The van der Waals surface area contributed by atoms with Gasteiger partial charge < -0.3 is 5.11 Å². The van der Waals surface area contributed by atoms with E-state index in [1.54, 1.807) is 12.1 Å². The average Bonchev–Trinajstić information content (AvgIpc) is 2.41. The van der Waals surface area contributed by atoms with Crippen molar-refractivity contribution in [3.05, 3.63) is 35.6 Å². The van der Waals surface area contributed by atoms with Crippen LogP contribution in [-0.4, -0.2) is 34.1 Å². The Balaban J connectivity index is 2.12. The summed E-state index contributed by atoms with van der Waals surface area (Å²) >= 11 is 0. The molecule has 1 aromatic carbocycles. The van der Waals surface area contributed by atoms with Gasteiger partial charge in [-0.25, -0.2) is 4.39 Å². The number of aliphatic carboxylic acids is 1. The summed E-state index contributed by atoms with van der Waals surface area (Å²) in [5.74, 6) is -0.988. The number of halogens is 1. The van der Waals surface area contributed by atoms with Gasteiger partial charge in [0.05, 0.1) is 0 Å². The van der Waals surface area contributed by atoms with Crippen molar-refractivity contribution in [1.82, 2.24) is 4.90 Å². The summed E-state index contributed by atoms with van der Waals surface area (Å²) in [6.07, 6.45) is 3.43. The first-order chi connectivity index (χ1) is 9.43. The number of piperidine rings is 1. The SMILES string of the molecule is CC(Cc1ccc(F)cc1)N1CCCCC1(C)C(=O)O. The van der Waals surface area contributed by atoms with Crippen LogP contribution in [0.4, 0.5) is 4.39 Å². The molecule has 1 aliphatic rings. The maximum Gasteiger partial charge on any atom is 0.323 e. The maximum absolute atomic E-state index is 12.9. The molecule has 2 unspecified atom stereocenters. The summed E-state index contributed by atoms with van der Waals surface area (Å²) in [6, 6.07) is 6.58. The summed E-state index contributed by atoms with van der Waals surface area (Å²) in [4.78, 5) is 13.7. The summed E-state index contributed by atoms with van der Waals surface area (Å²) in [7, 11) is 0. The molecule has 1 N–H and O–H groups in total. The van der Waals surface area contributed by atoms with Crippen LogP contribution >= 0.6 is 0 Å². The molecule has 20 heavy (non-hydrogen) atoms. The average molecular weight is 279 g/mol. The fourth-order valence-corrected chi connectivity index (χ4v) is 3.15. The van der Waals surface area contributed by atoms with Crippen molar-refractivity contribution in [2.45, 2.75) is 51.1 Å². The highest BCUT2D eigenvalue weighted by Gasteiger charge is 2.43. The van der Waals surface area contributed by atoms with Crippen LogP contribution in [0.5, 0.6) is 0 Å². The Hall–Kier alpha value is -1.42. The Labute approximate surface area is 119 Å². The lowest BCUT2D eigenvalue weighted by Crippen LogP contribution is -2.58. The molecule has 0 bridgehead atoms. The highest BCUT2D eigenvalue weighted by molar-refractivity contribution is 5.78. The first-order valence-corrected chi connectivity index (χ1v) is 7.18. The van der Waals surface area contributed by atoms with Crippen molar-refractivity contribution in [1.29, 1.82) is 0 Å². The van der Waals surface area contributed by atoms with Gasteiger partial charge in [0.25, 0.3) is 0 Å². The zero-order valence-electron chi connectivity index (χ0n) is 12.1. The van der Waals surface area contributed by atoms with Gasteiger partial charge in [0.15, 0.2) is 0 Å². The second-order valence-electron chi connectivity index (χ2n) is 5.91. The first kappa shape index (κ1) is 15.0. The standard InChI is InChI=1S/C16H22FNO2/c1-12(11-13-5-7-14(17)8-6-13)18-10-4-3-9-16(18,2)15(19)20/h5-8,12H,3-4,9-11H2,1-2H3,(H,19,20). The topological polar surface area (TPSA) is 40.5 Å². The van der Waals surface area contributed by atoms with E-state index in [-0.39, 0.29) is 11.9 Å². The number of rotatable bonds is 4. The monoisotopic (exact) mass is 279 g/mol. The third kappa shape index (κ3) is 3.01. The van der Waals surface area contributed by atoms with E-state index in [0.717, 1.165) is 31.4 Å². The molecule has 1 heterocycles. The van der Waals surface area contributed by atoms with Crippen LogP contribution in [0.3, 0.4) is 0 Å². The molecular formula is C16H22FNO2. The summed E-state index contributed by atoms with van der Waals surface area (Å²) < 4.78 is 12.9. The Bertz CT molecular complexity index is 474. The van der Waals surface area contributed by atoms with E-state index < -0.39 is 11.5 Å². The molecule has 110 valence electrons. The van der Waals surface area contributed by atoms with Gasteiger partial charge in [-0.3, -0.25) is 9.69 Å². The van der Waals surface area contributed by atoms with Crippen LogP contribution in [0.2, 0.25) is 0 Å². The second kappa shape index (κ2) is 5.92. The van der Waals surface area contributed by atoms with E-state index in [0.29, 0.717) is 6.42 Å². The molecular weight excluding hydrogens is 257 g/mol. The van der Waals surface area contributed by atoms with Crippen molar-refractivity contribution in [2.24, 2.45) is 0 Å². The number of carboxylic acid groups (broad SMARTS) is 1. The fraction of sp³-hybridized carbons (Fsp3) is 0.562. The van der Waals surface area contributed by atoms with Crippen molar-refractivity contribution >= 4 is 5.97 Å². The van der Waals surface area contributed by atoms with Crippen LogP contribution in [0.15, 0.2) is 24.3 Å². The second-order valence-corrected chi connectivity index (χ2v) is 5.91. The molecule has 1 fully saturated rings. The van der Waals surface area contributed by atoms with Crippen LogP contribution in [-0.2, 0) is 11.2 Å². The molecule has 1 saturated heterocycles. The lowest BCUT2D eigenvalue weighted by molar-refractivity contribution is -0.154. The minimum atomic E-state index is -0.780. The molecule has 2 atom stereocenters. The molecule has 0 aliphatic carbocycles. The number of likely N-dealkylation sites (tertiary alicyclic amines) is 1. The molecule has 2 rings (SSSR count). The number of hydrogen-bond donors (Lipinski definition) is 1. The Morgan fingerprint density at radius 2 is 2.05 bits per heavy atom. The van der Waals surface area contributed by atoms with Crippen LogP contribution in [0, 0.1) is 5.82 Å². The number of hydrogen-bond acceptors (Lipinski definition) is 2. The minimum Gasteiger partial charge on any atom is -0.480 e. The Morgan fingerprint density at radius 3 is 2.65 bits per heavy atom. The number of benzene rings is 1. The summed E-state index contributed by atoms with van der Waals surface area (Å²) in [5.41, 5.74) is 0.259. The lowest BCUT2D eigenvalue weighted by atomic mass is 9.86. The van der Waals surface area contributed by atoms with Crippen LogP contribution < -0.4 is 0 Å². The van der Waals surface area contributed by atoms with Crippen molar-refractivity contribution < 1.29 is 14.3 Å². The van der Waals surface area contributed by atoms with Crippen molar-refractivity contribution in [2.75, 3.05) is 6.54 Å². The van der Waals surface area contributed by atoms with Gasteiger partial charge in [0.1, 0.15) is 11.4 Å². The summed E-state index contributed by atoms with van der Waals surface area (Å²) in [5, 5.41) is 9.53. The normalized spacial score (nSPS) is 25.4. The maximum atomic E-state index is 12.9. The molecule has 0 aromatic heterocycles. The van der Waals surface area contributed by atoms with Gasteiger partial charge in [0.2, 0.25) is 0 Å². The van der Waals surface area contributed by atoms with Gasteiger partial charge in [-0.2, -0.15) is 0 Å². The predicted octanol–water partition coefficient (Wildman–Crippen LogP) is 3.09. The Morgan fingerprint density at radius 1 is 1.40 bits per heavy atom. The molecule has 3 nitrogen and oxygen atoms in total. The van der Waals surface area contributed by atoms with Gasteiger partial charge in [-0.05, 0) is 63.8 Å². The van der Waals surface area contributed by atoms with E-state index >= 15 is 0 Å².